The number of nitriles is 1. The van der Waals surface area contributed by atoms with Gasteiger partial charge in [0.2, 0.25) is 0 Å². The van der Waals surface area contributed by atoms with Crippen LogP contribution >= 0.6 is 0 Å². The van der Waals surface area contributed by atoms with Gasteiger partial charge in [0.15, 0.2) is 0 Å². The standard InChI is InChI=1S/C11H12N/c1-8(2)10-4-5-11(7-12)9(3)6-10/h4-6,8H,1H2,2-3H3. The predicted octanol–water partition coefficient (Wildman–Crippen LogP) is 2.80. The number of aryl methyl sites for hydroxylation is 1. The first-order chi connectivity index (χ1) is 5.65. The van der Waals surface area contributed by atoms with Crippen molar-refractivity contribution < 1.29 is 0 Å². The Labute approximate surface area is 73.6 Å². The lowest BCUT2D eigenvalue weighted by atomic mass is 9.98. The highest BCUT2D eigenvalue weighted by Crippen LogP contribution is 2.17. The SMILES string of the molecule is [CH2]C(C)c1ccc(C#N)c(C)c1. The monoisotopic (exact) mass is 158 g/mol. The molecule has 0 saturated heterocycles. The van der Waals surface area contributed by atoms with Gasteiger partial charge >= 0.3 is 0 Å². The van der Waals surface area contributed by atoms with E-state index in [0.717, 1.165) is 11.1 Å². The Morgan fingerprint density at radius 1 is 1.50 bits per heavy atom. The summed E-state index contributed by atoms with van der Waals surface area (Å²) in [5, 5.41) is 8.68. The zero-order chi connectivity index (χ0) is 9.14. The summed E-state index contributed by atoms with van der Waals surface area (Å²) in [5.74, 6) is 0.288. The van der Waals surface area contributed by atoms with Crippen LogP contribution in [0.4, 0.5) is 0 Å². The van der Waals surface area contributed by atoms with Crippen LogP contribution in [0.3, 0.4) is 0 Å². The van der Waals surface area contributed by atoms with Crippen LogP contribution in [-0.2, 0) is 0 Å². The molecule has 1 nitrogen and oxygen atoms in total. The normalized spacial score (nSPS) is 9.92. The van der Waals surface area contributed by atoms with Gasteiger partial charge in [-0.05, 0) is 37.0 Å². The summed E-state index contributed by atoms with van der Waals surface area (Å²) in [6.07, 6.45) is 0. The van der Waals surface area contributed by atoms with Gasteiger partial charge < -0.3 is 0 Å². The third kappa shape index (κ3) is 1.65. The van der Waals surface area contributed by atoms with Gasteiger partial charge in [-0.15, -0.1) is 0 Å². The van der Waals surface area contributed by atoms with Gasteiger partial charge in [0.25, 0.3) is 0 Å². The third-order valence-corrected chi connectivity index (χ3v) is 1.94. The Balaban J connectivity index is 3.12. The van der Waals surface area contributed by atoms with Crippen molar-refractivity contribution >= 4 is 0 Å². The van der Waals surface area contributed by atoms with Crippen LogP contribution in [0.1, 0.15) is 29.5 Å². The average Bonchev–Trinajstić information content (AvgIpc) is 2.04. The summed E-state index contributed by atoms with van der Waals surface area (Å²) >= 11 is 0. The largest absolute Gasteiger partial charge is 0.192 e. The molecule has 0 aliphatic carbocycles. The Kier molecular flexibility index (Phi) is 2.50. The molecule has 1 aromatic carbocycles. The van der Waals surface area contributed by atoms with Crippen LogP contribution in [0.15, 0.2) is 18.2 Å². The van der Waals surface area contributed by atoms with Crippen molar-refractivity contribution in [1.82, 2.24) is 0 Å². The second-order valence-electron chi connectivity index (χ2n) is 3.09. The van der Waals surface area contributed by atoms with Crippen molar-refractivity contribution in [3.05, 3.63) is 41.8 Å². The van der Waals surface area contributed by atoms with Gasteiger partial charge in [0.05, 0.1) is 11.6 Å². The lowest BCUT2D eigenvalue weighted by molar-refractivity contribution is 0.960. The molecule has 1 rings (SSSR count). The van der Waals surface area contributed by atoms with Gasteiger partial charge in [-0.2, -0.15) is 5.26 Å². The van der Waals surface area contributed by atoms with Gasteiger partial charge in [-0.3, -0.25) is 0 Å². The maximum atomic E-state index is 8.68. The minimum atomic E-state index is 0.288. The molecule has 1 heteroatoms. The highest BCUT2D eigenvalue weighted by Gasteiger charge is 2.01. The lowest BCUT2D eigenvalue weighted by Crippen LogP contribution is -1.90. The molecule has 0 amide bonds. The van der Waals surface area contributed by atoms with E-state index in [-0.39, 0.29) is 5.92 Å². The van der Waals surface area contributed by atoms with E-state index in [0.29, 0.717) is 0 Å². The summed E-state index contributed by atoms with van der Waals surface area (Å²) in [6.45, 7) is 7.91. The summed E-state index contributed by atoms with van der Waals surface area (Å²) in [6, 6.07) is 7.98. The second-order valence-corrected chi connectivity index (χ2v) is 3.09. The van der Waals surface area contributed by atoms with E-state index in [4.69, 9.17) is 5.26 Å². The van der Waals surface area contributed by atoms with Crippen molar-refractivity contribution in [3.8, 4) is 6.07 Å². The fraction of sp³-hybridized carbons (Fsp3) is 0.273. The van der Waals surface area contributed by atoms with Gasteiger partial charge in [-0.1, -0.05) is 19.1 Å². The predicted molar refractivity (Wildman–Crippen MR) is 49.7 cm³/mol. The summed E-state index contributed by atoms with van der Waals surface area (Å²) in [7, 11) is 0. The van der Waals surface area contributed by atoms with Crippen LogP contribution in [0.25, 0.3) is 0 Å². The molecular weight excluding hydrogens is 146 g/mol. The van der Waals surface area contributed by atoms with Crippen LogP contribution in [0, 0.1) is 25.2 Å². The van der Waals surface area contributed by atoms with Crippen molar-refractivity contribution in [2.75, 3.05) is 0 Å². The molecule has 61 valence electrons. The maximum Gasteiger partial charge on any atom is 0.0994 e. The van der Waals surface area contributed by atoms with E-state index in [1.165, 1.54) is 5.56 Å². The number of benzene rings is 1. The van der Waals surface area contributed by atoms with Crippen molar-refractivity contribution in [1.29, 1.82) is 5.26 Å². The van der Waals surface area contributed by atoms with Crippen molar-refractivity contribution in [2.24, 2.45) is 0 Å². The quantitative estimate of drug-likeness (QED) is 0.616. The van der Waals surface area contributed by atoms with Crippen molar-refractivity contribution in [2.45, 2.75) is 19.8 Å². The molecule has 0 fully saturated rings. The molecule has 0 aromatic heterocycles. The number of hydrogen-bond donors (Lipinski definition) is 0. The number of rotatable bonds is 1. The Morgan fingerprint density at radius 2 is 2.17 bits per heavy atom. The van der Waals surface area contributed by atoms with Crippen LogP contribution in [-0.4, -0.2) is 0 Å². The molecule has 0 spiro atoms. The van der Waals surface area contributed by atoms with E-state index < -0.39 is 0 Å². The highest BCUT2D eigenvalue weighted by molar-refractivity contribution is 5.40. The van der Waals surface area contributed by atoms with Crippen LogP contribution in [0.2, 0.25) is 0 Å². The zero-order valence-electron chi connectivity index (χ0n) is 7.46. The summed E-state index contributed by atoms with van der Waals surface area (Å²) in [5.41, 5.74) is 2.97. The molecule has 0 aliphatic heterocycles. The van der Waals surface area contributed by atoms with E-state index >= 15 is 0 Å². The maximum absolute atomic E-state index is 8.68. The van der Waals surface area contributed by atoms with Gasteiger partial charge in [-0.25, -0.2) is 0 Å². The summed E-state index contributed by atoms with van der Waals surface area (Å²) < 4.78 is 0. The first-order valence-corrected chi connectivity index (χ1v) is 3.99. The first-order valence-electron chi connectivity index (χ1n) is 3.99. The molecule has 0 N–H and O–H groups in total. The Hall–Kier alpha value is -1.29. The van der Waals surface area contributed by atoms with Gasteiger partial charge in [0, 0.05) is 0 Å². The molecule has 1 atom stereocenters. The molecule has 0 heterocycles. The second kappa shape index (κ2) is 3.40. The van der Waals surface area contributed by atoms with Gasteiger partial charge in [0.1, 0.15) is 0 Å². The van der Waals surface area contributed by atoms with E-state index in [2.05, 4.69) is 13.0 Å². The zero-order valence-corrected chi connectivity index (χ0v) is 7.46. The highest BCUT2D eigenvalue weighted by atomic mass is 14.2. The van der Waals surface area contributed by atoms with Crippen LogP contribution in [0.5, 0.6) is 0 Å². The smallest absolute Gasteiger partial charge is 0.0994 e. The van der Waals surface area contributed by atoms with Crippen LogP contribution < -0.4 is 0 Å². The fourth-order valence-corrected chi connectivity index (χ4v) is 1.12. The Morgan fingerprint density at radius 3 is 2.58 bits per heavy atom. The molecule has 12 heavy (non-hydrogen) atoms. The minimum Gasteiger partial charge on any atom is -0.192 e. The molecule has 1 aromatic rings. The third-order valence-electron chi connectivity index (χ3n) is 1.94. The minimum absolute atomic E-state index is 0.288. The fourth-order valence-electron chi connectivity index (χ4n) is 1.12. The molecule has 0 aliphatic rings. The first kappa shape index (κ1) is 8.80. The number of nitrogens with zero attached hydrogens (tertiary/aromatic N) is 1. The van der Waals surface area contributed by atoms with Crippen molar-refractivity contribution in [3.63, 3.8) is 0 Å². The van der Waals surface area contributed by atoms with E-state index in [1.807, 2.05) is 32.0 Å². The topological polar surface area (TPSA) is 23.8 Å². The lowest BCUT2D eigenvalue weighted by Gasteiger charge is -2.06. The molecule has 0 saturated carbocycles. The Bertz CT molecular complexity index is 318. The number of hydrogen-bond acceptors (Lipinski definition) is 1. The van der Waals surface area contributed by atoms with E-state index in [1.54, 1.807) is 0 Å². The summed E-state index contributed by atoms with van der Waals surface area (Å²) in [4.78, 5) is 0. The molecule has 0 bridgehead atoms. The molecule has 1 radical (unpaired) electrons. The van der Waals surface area contributed by atoms with E-state index in [9.17, 15) is 0 Å². The molecular formula is C11H12N. The average molecular weight is 158 g/mol. The molecule has 1 unspecified atom stereocenters.